The number of piperidine rings is 1. The molecule has 3 amide bonds. The van der Waals surface area contributed by atoms with Crippen molar-refractivity contribution in [3.63, 3.8) is 0 Å². The zero-order valence-electron chi connectivity index (χ0n) is 16.0. The molecule has 1 saturated carbocycles. The molecule has 4 rings (SSSR count). The number of carbonyl (C=O) groups excluding carboxylic acids is 3. The molecule has 0 radical (unpaired) electrons. The monoisotopic (exact) mass is 387 g/mol. The zero-order chi connectivity index (χ0) is 19.7. The molecule has 0 bridgehead atoms. The van der Waals surface area contributed by atoms with Crippen molar-refractivity contribution >= 4 is 17.7 Å². The van der Waals surface area contributed by atoms with Gasteiger partial charge in [-0.1, -0.05) is 0 Å². The van der Waals surface area contributed by atoms with Crippen molar-refractivity contribution < 1.29 is 18.8 Å². The third kappa shape index (κ3) is 4.03. The summed E-state index contributed by atoms with van der Waals surface area (Å²) in [5.41, 5.74) is 0.475. The predicted molar refractivity (Wildman–Crippen MR) is 101 cm³/mol. The van der Waals surface area contributed by atoms with Gasteiger partial charge in [-0.05, 0) is 49.9 Å². The molecule has 1 aromatic carbocycles. The molecule has 1 aromatic rings. The molecule has 28 heavy (non-hydrogen) atoms. The second-order valence-electron chi connectivity index (χ2n) is 8.00. The molecule has 3 aliphatic rings. The molecule has 1 aliphatic carbocycles. The van der Waals surface area contributed by atoms with Gasteiger partial charge in [-0.2, -0.15) is 0 Å². The Kier molecular flexibility index (Phi) is 5.33. The molecule has 0 unspecified atom stereocenters. The minimum Gasteiger partial charge on any atom is -0.339 e. The number of halogens is 1. The summed E-state index contributed by atoms with van der Waals surface area (Å²) < 4.78 is 13.0. The van der Waals surface area contributed by atoms with E-state index in [9.17, 15) is 18.8 Å². The van der Waals surface area contributed by atoms with Gasteiger partial charge < -0.3 is 14.7 Å². The van der Waals surface area contributed by atoms with Gasteiger partial charge in [0.25, 0.3) is 5.91 Å². The van der Waals surface area contributed by atoms with Crippen LogP contribution in [0.2, 0.25) is 0 Å². The van der Waals surface area contributed by atoms with Gasteiger partial charge in [0.1, 0.15) is 5.82 Å². The van der Waals surface area contributed by atoms with Crippen LogP contribution in [0.3, 0.4) is 0 Å². The number of benzene rings is 1. The Morgan fingerprint density at radius 3 is 1.61 bits per heavy atom. The average Bonchev–Trinajstić information content (AvgIpc) is 3.58. The van der Waals surface area contributed by atoms with Crippen molar-refractivity contribution in [2.24, 2.45) is 11.8 Å². The highest BCUT2D eigenvalue weighted by Crippen LogP contribution is 2.31. The highest BCUT2D eigenvalue weighted by molar-refractivity contribution is 5.94. The normalized spacial score (nSPS) is 21.0. The van der Waals surface area contributed by atoms with Gasteiger partial charge in [0.2, 0.25) is 11.8 Å². The highest BCUT2D eigenvalue weighted by atomic mass is 19.1. The Labute approximate surface area is 164 Å². The maximum atomic E-state index is 13.0. The van der Waals surface area contributed by atoms with Crippen LogP contribution in [0.1, 0.15) is 36.0 Å². The molecule has 0 aromatic heterocycles. The smallest absolute Gasteiger partial charge is 0.253 e. The fourth-order valence-electron chi connectivity index (χ4n) is 4.10. The van der Waals surface area contributed by atoms with Crippen molar-refractivity contribution in [3.8, 4) is 0 Å². The summed E-state index contributed by atoms with van der Waals surface area (Å²) in [5.74, 6) is 0.0816. The van der Waals surface area contributed by atoms with Crippen LogP contribution >= 0.6 is 0 Å². The van der Waals surface area contributed by atoms with Crippen molar-refractivity contribution in [2.45, 2.75) is 25.7 Å². The van der Waals surface area contributed by atoms with E-state index in [0.29, 0.717) is 57.7 Å². The average molecular weight is 387 g/mol. The third-order valence-electron chi connectivity index (χ3n) is 6.05. The maximum absolute atomic E-state index is 13.0. The van der Waals surface area contributed by atoms with Crippen molar-refractivity contribution in [1.82, 2.24) is 14.7 Å². The van der Waals surface area contributed by atoms with Crippen LogP contribution in [0, 0.1) is 17.7 Å². The summed E-state index contributed by atoms with van der Waals surface area (Å²) in [7, 11) is 0. The van der Waals surface area contributed by atoms with Crippen LogP contribution in [-0.2, 0) is 9.59 Å². The van der Waals surface area contributed by atoms with E-state index in [-0.39, 0.29) is 35.4 Å². The molecular weight excluding hydrogens is 361 g/mol. The summed E-state index contributed by atoms with van der Waals surface area (Å²) >= 11 is 0. The first kappa shape index (κ1) is 18.9. The van der Waals surface area contributed by atoms with E-state index < -0.39 is 0 Å². The molecule has 7 heteroatoms. The van der Waals surface area contributed by atoms with Crippen LogP contribution < -0.4 is 0 Å². The van der Waals surface area contributed by atoms with E-state index in [1.807, 2.05) is 9.80 Å². The number of amides is 3. The van der Waals surface area contributed by atoms with Gasteiger partial charge in [0.15, 0.2) is 0 Å². The molecule has 3 fully saturated rings. The zero-order valence-corrected chi connectivity index (χ0v) is 16.0. The third-order valence-corrected chi connectivity index (χ3v) is 6.05. The lowest BCUT2D eigenvalue weighted by molar-refractivity contribution is -0.143. The Hall–Kier alpha value is -2.44. The van der Waals surface area contributed by atoms with E-state index in [0.717, 1.165) is 12.8 Å². The first-order valence-electron chi connectivity index (χ1n) is 10.2. The lowest BCUT2D eigenvalue weighted by Gasteiger charge is -2.38. The summed E-state index contributed by atoms with van der Waals surface area (Å²) in [6.07, 6.45) is 3.31. The van der Waals surface area contributed by atoms with Crippen LogP contribution in [0.4, 0.5) is 4.39 Å². The molecule has 0 atom stereocenters. The molecule has 0 spiro atoms. The summed E-state index contributed by atoms with van der Waals surface area (Å²) in [6.45, 7) is 3.53. The Morgan fingerprint density at radius 1 is 0.679 bits per heavy atom. The van der Waals surface area contributed by atoms with Gasteiger partial charge in [-0.25, -0.2) is 4.39 Å². The highest BCUT2D eigenvalue weighted by Gasteiger charge is 2.36. The van der Waals surface area contributed by atoms with Crippen LogP contribution in [0.25, 0.3) is 0 Å². The second-order valence-corrected chi connectivity index (χ2v) is 8.00. The summed E-state index contributed by atoms with van der Waals surface area (Å²) in [5, 5.41) is 0. The van der Waals surface area contributed by atoms with Gasteiger partial charge in [-0.15, -0.1) is 0 Å². The molecule has 2 heterocycles. The second kappa shape index (κ2) is 7.89. The van der Waals surface area contributed by atoms with Crippen LogP contribution in [0.15, 0.2) is 24.3 Å². The van der Waals surface area contributed by atoms with Crippen molar-refractivity contribution in [1.29, 1.82) is 0 Å². The molecule has 2 saturated heterocycles. The van der Waals surface area contributed by atoms with E-state index in [2.05, 4.69) is 0 Å². The van der Waals surface area contributed by atoms with Crippen molar-refractivity contribution in [2.75, 3.05) is 39.3 Å². The lowest BCUT2D eigenvalue weighted by Crippen LogP contribution is -2.53. The maximum Gasteiger partial charge on any atom is 0.253 e. The first-order chi connectivity index (χ1) is 13.5. The van der Waals surface area contributed by atoms with E-state index >= 15 is 0 Å². The minimum atomic E-state index is -0.361. The number of rotatable bonds is 3. The molecule has 6 nitrogen and oxygen atoms in total. The van der Waals surface area contributed by atoms with Gasteiger partial charge in [0.05, 0.1) is 0 Å². The lowest BCUT2D eigenvalue weighted by atomic mass is 9.94. The number of hydrogen-bond acceptors (Lipinski definition) is 3. The first-order valence-corrected chi connectivity index (χ1v) is 10.2. The quantitative estimate of drug-likeness (QED) is 0.794. The van der Waals surface area contributed by atoms with Gasteiger partial charge in [-0.3, -0.25) is 14.4 Å². The van der Waals surface area contributed by atoms with E-state index in [1.54, 1.807) is 4.90 Å². The fourth-order valence-corrected chi connectivity index (χ4v) is 4.10. The SMILES string of the molecule is O=C(c1ccc(F)cc1)N1CCC(C(=O)N2CCN(C(=O)C3CC3)CC2)CC1. The Bertz CT molecular complexity index is 747. The van der Waals surface area contributed by atoms with Crippen molar-refractivity contribution in [3.05, 3.63) is 35.6 Å². The minimum absolute atomic E-state index is 0.0667. The number of hydrogen-bond donors (Lipinski definition) is 0. The molecule has 0 N–H and O–H groups in total. The Morgan fingerprint density at radius 2 is 1.14 bits per heavy atom. The molecule has 2 aliphatic heterocycles. The topological polar surface area (TPSA) is 60.9 Å². The predicted octanol–water partition coefficient (Wildman–Crippen LogP) is 1.76. The van der Waals surface area contributed by atoms with E-state index in [1.165, 1.54) is 24.3 Å². The van der Waals surface area contributed by atoms with E-state index in [4.69, 9.17) is 0 Å². The van der Waals surface area contributed by atoms with Crippen LogP contribution in [-0.4, -0.2) is 71.7 Å². The molecule has 150 valence electrons. The number of piperazine rings is 1. The Balaban J connectivity index is 1.25. The fraction of sp³-hybridized carbons (Fsp3) is 0.571. The van der Waals surface area contributed by atoms with Gasteiger partial charge >= 0.3 is 0 Å². The number of likely N-dealkylation sites (tertiary alicyclic amines) is 1. The number of nitrogens with zero attached hydrogens (tertiary/aromatic N) is 3. The standard InChI is InChI=1S/C21H26FN3O3/c22-18-5-3-16(4-6-18)19(26)23-9-7-17(8-10-23)21(28)25-13-11-24(12-14-25)20(27)15-1-2-15/h3-6,15,17H,1-2,7-14H2. The van der Waals surface area contributed by atoms with Crippen LogP contribution in [0.5, 0.6) is 0 Å². The summed E-state index contributed by atoms with van der Waals surface area (Å²) in [4.78, 5) is 43.0. The number of carbonyl (C=O) groups is 3. The molecular formula is C21H26FN3O3. The largest absolute Gasteiger partial charge is 0.339 e. The van der Waals surface area contributed by atoms with Gasteiger partial charge in [0, 0.05) is 56.7 Å². The summed E-state index contributed by atoms with van der Waals surface area (Å²) in [6, 6.07) is 5.57.